The monoisotopic (exact) mass is 326 g/mol. The number of benzene rings is 1. The molecule has 1 atom stereocenters. The molecule has 1 aromatic rings. The Kier molecular flexibility index (Phi) is 6.94. The van der Waals surface area contributed by atoms with Gasteiger partial charge in [0.2, 0.25) is 0 Å². The molecule has 1 aromatic carbocycles. The second-order valence-corrected chi connectivity index (χ2v) is 10.4. The van der Waals surface area contributed by atoms with Crippen LogP contribution >= 0.6 is 0 Å². The number of rotatable bonds is 9. The van der Waals surface area contributed by atoms with Crippen LogP contribution in [0, 0.1) is 0 Å². The van der Waals surface area contributed by atoms with Gasteiger partial charge in [0, 0.05) is 0 Å². The molecule has 0 aromatic heterocycles. The number of hydrogen-bond acceptors (Lipinski definition) is 1. The van der Waals surface area contributed by atoms with E-state index in [-0.39, 0.29) is 0 Å². The van der Waals surface area contributed by atoms with Gasteiger partial charge in [-0.3, -0.25) is 0 Å². The van der Waals surface area contributed by atoms with Crippen LogP contribution in [0.2, 0.25) is 18.1 Å². The summed E-state index contributed by atoms with van der Waals surface area (Å²) in [5, 5.41) is 0. The zero-order valence-electron chi connectivity index (χ0n) is 14.2. The molecular weight excluding hydrogens is 298 g/mol. The normalized spacial score (nSPS) is 13.9. The molecule has 0 bridgehead atoms. The Morgan fingerprint density at radius 1 is 1.14 bits per heavy atom. The highest BCUT2D eigenvalue weighted by molar-refractivity contribution is 6.73. The van der Waals surface area contributed by atoms with E-state index in [1.165, 1.54) is 0 Å². The third-order valence-corrected chi connectivity index (χ3v) is 9.24. The van der Waals surface area contributed by atoms with Gasteiger partial charge in [0.05, 0.1) is 0 Å². The molecule has 0 radical (unpaired) electrons. The van der Waals surface area contributed by atoms with E-state index in [1.54, 1.807) is 12.1 Å². The Bertz CT molecular complexity index is 475. The standard InChI is InChI=1S/C18H28F2OSi/c1-6-15-13-11-12-14-16(15)17(18(19,20)7-2)21-22(8-3,9-4)10-5/h7,11-14,17H,2,6,8-10H2,1,3-5H3. The van der Waals surface area contributed by atoms with E-state index < -0.39 is 20.3 Å². The molecule has 0 aliphatic rings. The Morgan fingerprint density at radius 3 is 2.14 bits per heavy atom. The minimum absolute atomic E-state index is 0.599. The topological polar surface area (TPSA) is 9.23 Å². The Balaban J connectivity index is 3.34. The zero-order chi connectivity index (χ0) is 16.8. The number of alkyl halides is 2. The minimum atomic E-state index is -3.07. The smallest absolute Gasteiger partial charge is 0.294 e. The summed E-state index contributed by atoms with van der Waals surface area (Å²) in [6, 6.07) is 9.89. The largest absolute Gasteiger partial charge is 0.404 e. The van der Waals surface area contributed by atoms with E-state index in [0.717, 1.165) is 29.8 Å². The lowest BCUT2D eigenvalue weighted by Crippen LogP contribution is -2.42. The molecule has 0 N–H and O–H groups in total. The minimum Gasteiger partial charge on any atom is -0.404 e. The van der Waals surface area contributed by atoms with Crippen LogP contribution in [-0.2, 0) is 10.8 Å². The summed E-state index contributed by atoms with van der Waals surface area (Å²) in [5.41, 5.74) is 1.52. The van der Waals surface area contributed by atoms with Crippen LogP contribution in [0.5, 0.6) is 0 Å². The van der Waals surface area contributed by atoms with Crippen LogP contribution in [0.15, 0.2) is 36.9 Å². The van der Waals surface area contributed by atoms with Gasteiger partial charge in [-0.05, 0) is 41.8 Å². The van der Waals surface area contributed by atoms with Crippen molar-refractivity contribution in [1.29, 1.82) is 0 Å². The third kappa shape index (κ3) is 4.05. The lowest BCUT2D eigenvalue weighted by molar-refractivity contribution is -0.0634. The van der Waals surface area contributed by atoms with Crippen molar-refractivity contribution in [3.05, 3.63) is 48.0 Å². The summed E-state index contributed by atoms with van der Waals surface area (Å²) in [5.74, 6) is -3.07. The maximum absolute atomic E-state index is 14.5. The fraction of sp³-hybridized carbons (Fsp3) is 0.556. The summed E-state index contributed by atoms with van der Waals surface area (Å²) in [7, 11) is -2.15. The molecule has 0 fully saturated rings. The molecule has 1 rings (SSSR count). The molecule has 22 heavy (non-hydrogen) atoms. The van der Waals surface area contributed by atoms with E-state index in [4.69, 9.17) is 4.43 Å². The Labute approximate surface area is 134 Å². The van der Waals surface area contributed by atoms with Gasteiger partial charge >= 0.3 is 0 Å². The molecule has 124 valence electrons. The molecular formula is C18H28F2OSi. The Morgan fingerprint density at radius 2 is 1.68 bits per heavy atom. The lowest BCUT2D eigenvalue weighted by Gasteiger charge is -2.36. The van der Waals surface area contributed by atoms with Crippen molar-refractivity contribution in [2.45, 2.75) is 64.3 Å². The van der Waals surface area contributed by atoms with Gasteiger partial charge in [-0.25, -0.2) is 0 Å². The molecule has 0 heterocycles. The van der Waals surface area contributed by atoms with E-state index in [0.29, 0.717) is 12.0 Å². The predicted molar refractivity (Wildman–Crippen MR) is 92.0 cm³/mol. The zero-order valence-corrected chi connectivity index (χ0v) is 15.2. The lowest BCUT2D eigenvalue weighted by atomic mass is 9.96. The number of hydrogen-bond donors (Lipinski definition) is 0. The van der Waals surface area contributed by atoms with Gasteiger partial charge in [-0.2, -0.15) is 8.78 Å². The molecule has 0 saturated heterocycles. The summed E-state index contributed by atoms with van der Waals surface area (Å²) >= 11 is 0. The average molecular weight is 327 g/mol. The molecule has 0 spiro atoms. The number of aryl methyl sites for hydroxylation is 1. The van der Waals surface area contributed by atoms with Crippen molar-refractivity contribution in [1.82, 2.24) is 0 Å². The first-order valence-corrected chi connectivity index (χ1v) is 10.7. The summed E-state index contributed by atoms with van der Waals surface area (Å²) in [6.07, 6.45) is 0.208. The molecule has 0 saturated carbocycles. The van der Waals surface area contributed by atoms with Crippen LogP contribution in [-0.4, -0.2) is 14.2 Å². The molecule has 4 heteroatoms. The van der Waals surface area contributed by atoms with Gasteiger partial charge in [-0.1, -0.05) is 58.5 Å². The Hall–Kier alpha value is -1.00. The quantitative estimate of drug-likeness (QED) is 0.391. The highest BCUT2D eigenvalue weighted by atomic mass is 28.4. The molecule has 1 nitrogen and oxygen atoms in total. The predicted octanol–water partition coefficient (Wildman–Crippen LogP) is 6.13. The van der Waals surface area contributed by atoms with Crippen molar-refractivity contribution in [2.24, 2.45) is 0 Å². The summed E-state index contributed by atoms with van der Waals surface area (Å²) < 4.78 is 35.3. The van der Waals surface area contributed by atoms with Crippen molar-refractivity contribution in [3.8, 4) is 0 Å². The summed E-state index contributed by atoms with van der Waals surface area (Å²) in [6.45, 7) is 11.5. The van der Waals surface area contributed by atoms with Crippen molar-refractivity contribution < 1.29 is 13.2 Å². The first-order chi connectivity index (χ1) is 10.4. The van der Waals surface area contributed by atoms with Crippen LogP contribution in [0.1, 0.15) is 44.9 Å². The summed E-state index contributed by atoms with van der Waals surface area (Å²) in [4.78, 5) is 0. The second kappa shape index (κ2) is 8.02. The van der Waals surface area contributed by atoms with Crippen LogP contribution in [0.3, 0.4) is 0 Å². The van der Waals surface area contributed by atoms with Crippen molar-refractivity contribution in [2.75, 3.05) is 0 Å². The van der Waals surface area contributed by atoms with Gasteiger partial charge in [0.1, 0.15) is 6.10 Å². The average Bonchev–Trinajstić information content (AvgIpc) is 2.56. The number of halogens is 2. The highest BCUT2D eigenvalue weighted by Crippen LogP contribution is 2.41. The van der Waals surface area contributed by atoms with E-state index in [2.05, 4.69) is 6.58 Å². The van der Waals surface area contributed by atoms with Crippen LogP contribution in [0.25, 0.3) is 0 Å². The molecule has 0 aliphatic carbocycles. The highest BCUT2D eigenvalue weighted by Gasteiger charge is 2.44. The van der Waals surface area contributed by atoms with Gasteiger partial charge in [-0.15, -0.1) is 0 Å². The maximum atomic E-state index is 14.5. The van der Waals surface area contributed by atoms with E-state index in [9.17, 15) is 8.78 Å². The fourth-order valence-electron chi connectivity index (χ4n) is 2.82. The van der Waals surface area contributed by atoms with Gasteiger partial charge in [0.15, 0.2) is 8.32 Å². The van der Waals surface area contributed by atoms with Crippen LogP contribution < -0.4 is 0 Å². The van der Waals surface area contributed by atoms with Gasteiger partial charge in [0.25, 0.3) is 5.92 Å². The SMILES string of the molecule is C=CC(F)(F)C(O[Si](CC)(CC)CC)c1ccccc1CC. The fourth-order valence-corrected chi connectivity index (χ4v) is 5.60. The van der Waals surface area contributed by atoms with Crippen LogP contribution in [0.4, 0.5) is 8.78 Å². The van der Waals surface area contributed by atoms with Crippen molar-refractivity contribution in [3.63, 3.8) is 0 Å². The molecule has 0 aliphatic heterocycles. The second-order valence-electron chi connectivity index (χ2n) is 5.67. The first kappa shape index (κ1) is 19.0. The van der Waals surface area contributed by atoms with Gasteiger partial charge < -0.3 is 4.43 Å². The third-order valence-electron chi connectivity index (χ3n) is 4.64. The molecule has 1 unspecified atom stereocenters. The maximum Gasteiger partial charge on any atom is 0.294 e. The molecule has 0 amide bonds. The van der Waals surface area contributed by atoms with E-state index in [1.807, 2.05) is 39.8 Å². The first-order valence-electron chi connectivity index (χ1n) is 8.16. The van der Waals surface area contributed by atoms with Crippen molar-refractivity contribution >= 4 is 8.32 Å². The van der Waals surface area contributed by atoms with E-state index >= 15 is 0 Å².